The largest absolute Gasteiger partial charge is 0.481 e. The van der Waals surface area contributed by atoms with E-state index in [0.29, 0.717) is 38.5 Å². The van der Waals surface area contributed by atoms with Crippen molar-refractivity contribution in [2.45, 2.75) is 103 Å². The molecule has 4 N–H and O–H groups in total. The summed E-state index contributed by atoms with van der Waals surface area (Å²) >= 11 is 0. The van der Waals surface area contributed by atoms with Gasteiger partial charge in [-0.1, -0.05) is 38.5 Å². The molecule has 1 aliphatic carbocycles. The first-order chi connectivity index (χ1) is 16.3. The highest BCUT2D eigenvalue weighted by Gasteiger charge is 2.06. The van der Waals surface area contributed by atoms with Gasteiger partial charge < -0.3 is 29.9 Å². The second kappa shape index (κ2) is 27.0. The van der Waals surface area contributed by atoms with Gasteiger partial charge in [0.05, 0.1) is 26.4 Å². The fourth-order valence-corrected chi connectivity index (χ4v) is 2.87. The second-order valence-corrected chi connectivity index (χ2v) is 7.92. The zero-order valence-corrected chi connectivity index (χ0v) is 20.4. The summed E-state index contributed by atoms with van der Waals surface area (Å²) in [6, 6.07) is 0. The number of ether oxygens (including phenoxy) is 2. The Morgan fingerprint density at radius 3 is 1.06 bits per heavy atom. The molecule has 200 valence electrons. The van der Waals surface area contributed by atoms with Gasteiger partial charge in [-0.2, -0.15) is 0 Å². The van der Waals surface area contributed by atoms with Crippen molar-refractivity contribution in [3.63, 3.8) is 0 Å². The van der Waals surface area contributed by atoms with E-state index in [-0.39, 0.29) is 64.0 Å². The molecule has 34 heavy (non-hydrogen) atoms. The average molecular weight is 493 g/mol. The molecule has 0 amide bonds. The Morgan fingerprint density at radius 1 is 0.500 bits per heavy atom. The van der Waals surface area contributed by atoms with E-state index < -0.39 is 11.9 Å². The van der Waals surface area contributed by atoms with Crippen LogP contribution in [0.1, 0.15) is 103 Å². The summed E-state index contributed by atoms with van der Waals surface area (Å²) in [7, 11) is 0. The quantitative estimate of drug-likeness (QED) is 0.185. The predicted molar refractivity (Wildman–Crippen MR) is 125 cm³/mol. The molecule has 0 spiro atoms. The van der Waals surface area contributed by atoms with Crippen molar-refractivity contribution in [1.29, 1.82) is 0 Å². The molecule has 1 saturated carbocycles. The third-order valence-corrected chi connectivity index (χ3v) is 4.71. The molecule has 0 aliphatic heterocycles. The molecule has 0 bridgehead atoms. The van der Waals surface area contributed by atoms with Crippen molar-refractivity contribution in [3.05, 3.63) is 0 Å². The van der Waals surface area contributed by atoms with Gasteiger partial charge in [0, 0.05) is 25.7 Å². The number of unbranched alkanes of at least 4 members (excludes halogenated alkanes) is 3. The smallest absolute Gasteiger partial charge is 0.305 e. The van der Waals surface area contributed by atoms with Gasteiger partial charge in [-0.05, 0) is 38.5 Å². The van der Waals surface area contributed by atoms with Crippen molar-refractivity contribution in [3.8, 4) is 0 Å². The standard InChI is InChI=1S/C16H26O8.C6H12.C2H6O2/c17-13(18)7-1-3-9-15(21)23-11-5-6-12-24-16(22)10-4-2-8-14(19)20;1-2-4-6-5-3-1;3-1-2-4/h1-12H2,(H,17,18)(H,19,20);1-6H2;3-4H,1-2H2. The summed E-state index contributed by atoms with van der Waals surface area (Å²) in [5, 5.41) is 32.1. The van der Waals surface area contributed by atoms with Crippen LogP contribution in [0.25, 0.3) is 0 Å². The molecule has 0 radical (unpaired) electrons. The Morgan fingerprint density at radius 2 is 0.794 bits per heavy atom. The van der Waals surface area contributed by atoms with Gasteiger partial charge in [-0.25, -0.2) is 0 Å². The zero-order chi connectivity index (χ0) is 25.9. The number of aliphatic hydroxyl groups is 2. The number of esters is 2. The van der Waals surface area contributed by atoms with E-state index in [1.807, 2.05) is 0 Å². The first-order valence-corrected chi connectivity index (χ1v) is 12.3. The second-order valence-electron chi connectivity index (χ2n) is 7.92. The van der Waals surface area contributed by atoms with Crippen molar-refractivity contribution < 1.29 is 49.1 Å². The van der Waals surface area contributed by atoms with Crippen LogP contribution in [-0.4, -0.2) is 70.7 Å². The lowest BCUT2D eigenvalue weighted by atomic mass is 10.0. The molecule has 0 aromatic carbocycles. The molecule has 1 fully saturated rings. The molecular weight excluding hydrogens is 448 g/mol. The van der Waals surface area contributed by atoms with E-state index in [4.69, 9.17) is 29.9 Å². The van der Waals surface area contributed by atoms with E-state index in [1.54, 1.807) is 0 Å². The Kier molecular flexibility index (Phi) is 27.0. The first kappa shape index (κ1) is 34.0. The summed E-state index contributed by atoms with van der Waals surface area (Å²) in [6.45, 7) is 0.238. The van der Waals surface area contributed by atoms with Gasteiger partial charge in [0.1, 0.15) is 0 Å². The molecule has 10 heteroatoms. The molecule has 1 rings (SSSR count). The van der Waals surface area contributed by atoms with Crippen LogP contribution in [0.5, 0.6) is 0 Å². The highest BCUT2D eigenvalue weighted by Crippen LogP contribution is 2.15. The van der Waals surface area contributed by atoms with E-state index in [1.165, 1.54) is 38.5 Å². The van der Waals surface area contributed by atoms with Crippen molar-refractivity contribution in [2.75, 3.05) is 26.4 Å². The van der Waals surface area contributed by atoms with E-state index in [2.05, 4.69) is 0 Å². The minimum Gasteiger partial charge on any atom is -0.481 e. The van der Waals surface area contributed by atoms with Crippen LogP contribution < -0.4 is 0 Å². The van der Waals surface area contributed by atoms with Gasteiger partial charge in [0.25, 0.3) is 0 Å². The van der Waals surface area contributed by atoms with Gasteiger partial charge in [-0.3, -0.25) is 19.2 Å². The lowest BCUT2D eigenvalue weighted by Crippen LogP contribution is -2.09. The van der Waals surface area contributed by atoms with Crippen LogP contribution in [0.2, 0.25) is 0 Å². The van der Waals surface area contributed by atoms with Crippen LogP contribution in [0.15, 0.2) is 0 Å². The predicted octanol–water partition coefficient (Wildman–Crippen LogP) is 3.45. The lowest BCUT2D eigenvalue weighted by Gasteiger charge is -2.06. The number of carboxylic acids is 2. The van der Waals surface area contributed by atoms with Crippen LogP contribution in [0.3, 0.4) is 0 Å². The molecule has 1 aliphatic rings. The minimum absolute atomic E-state index is 0.0506. The maximum atomic E-state index is 11.3. The summed E-state index contributed by atoms with van der Waals surface area (Å²) in [5.41, 5.74) is 0. The molecule has 0 unspecified atom stereocenters. The van der Waals surface area contributed by atoms with Crippen molar-refractivity contribution in [2.24, 2.45) is 0 Å². The molecule has 0 heterocycles. The third-order valence-electron chi connectivity index (χ3n) is 4.71. The number of aliphatic hydroxyl groups excluding tert-OH is 2. The number of rotatable bonds is 16. The summed E-state index contributed by atoms with van der Waals surface area (Å²) in [5.74, 6) is -2.45. The number of carboxylic acid groups (broad SMARTS) is 2. The zero-order valence-electron chi connectivity index (χ0n) is 20.4. The molecule has 0 saturated heterocycles. The lowest BCUT2D eigenvalue weighted by molar-refractivity contribution is -0.146. The average Bonchev–Trinajstić information content (AvgIpc) is 2.83. The number of hydrogen-bond acceptors (Lipinski definition) is 8. The first-order valence-electron chi connectivity index (χ1n) is 12.3. The van der Waals surface area contributed by atoms with Gasteiger partial charge in [0.2, 0.25) is 0 Å². The number of hydrogen-bond donors (Lipinski definition) is 4. The Balaban J connectivity index is 0. The monoisotopic (exact) mass is 492 g/mol. The van der Waals surface area contributed by atoms with E-state index >= 15 is 0 Å². The summed E-state index contributed by atoms with van der Waals surface area (Å²) < 4.78 is 9.95. The minimum atomic E-state index is -0.875. The van der Waals surface area contributed by atoms with Gasteiger partial charge in [0.15, 0.2) is 0 Å². The number of carbonyl (C=O) groups is 4. The van der Waals surface area contributed by atoms with Crippen LogP contribution in [0, 0.1) is 0 Å². The number of aliphatic carboxylic acids is 2. The molecule has 0 aromatic rings. The summed E-state index contributed by atoms with van der Waals surface area (Å²) in [6.07, 6.45) is 12.6. The Labute approximate surface area is 202 Å². The topological polar surface area (TPSA) is 168 Å². The fourth-order valence-electron chi connectivity index (χ4n) is 2.87. The highest BCUT2D eigenvalue weighted by atomic mass is 16.5. The van der Waals surface area contributed by atoms with Crippen LogP contribution in [0.4, 0.5) is 0 Å². The molecular formula is C24H44O10. The van der Waals surface area contributed by atoms with E-state index in [0.717, 1.165) is 0 Å². The van der Waals surface area contributed by atoms with Crippen molar-refractivity contribution in [1.82, 2.24) is 0 Å². The fraction of sp³-hybridized carbons (Fsp3) is 0.833. The third kappa shape index (κ3) is 32.0. The molecule has 0 aromatic heterocycles. The van der Waals surface area contributed by atoms with Crippen LogP contribution in [-0.2, 0) is 28.7 Å². The van der Waals surface area contributed by atoms with Crippen LogP contribution >= 0.6 is 0 Å². The Hall–Kier alpha value is -2.20. The maximum Gasteiger partial charge on any atom is 0.305 e. The Bertz CT molecular complexity index is 466. The number of carbonyl (C=O) groups excluding carboxylic acids is 2. The SMILES string of the molecule is C1CCCCC1.O=C(O)CCCCC(=O)OCCCCOC(=O)CCCCC(=O)O.OCCO. The van der Waals surface area contributed by atoms with Gasteiger partial charge in [-0.15, -0.1) is 0 Å². The highest BCUT2D eigenvalue weighted by molar-refractivity contribution is 5.70. The van der Waals surface area contributed by atoms with E-state index in [9.17, 15) is 19.2 Å². The normalized spacial score (nSPS) is 12.3. The summed E-state index contributed by atoms with van der Waals surface area (Å²) in [4.78, 5) is 43.2. The maximum absolute atomic E-state index is 11.3. The van der Waals surface area contributed by atoms with Crippen molar-refractivity contribution >= 4 is 23.9 Å². The van der Waals surface area contributed by atoms with Gasteiger partial charge >= 0.3 is 23.9 Å². The molecule has 0 atom stereocenters. The molecule has 10 nitrogen and oxygen atoms in total.